The highest BCUT2D eigenvalue weighted by Gasteiger charge is 2.10. The summed E-state index contributed by atoms with van der Waals surface area (Å²) >= 11 is 0. The Balaban J connectivity index is 2.90. The van der Waals surface area contributed by atoms with Gasteiger partial charge in [-0.15, -0.1) is 0 Å². The summed E-state index contributed by atoms with van der Waals surface area (Å²) in [5, 5.41) is 3.48. The summed E-state index contributed by atoms with van der Waals surface area (Å²) in [6, 6.07) is 6.40. The molecule has 0 amide bonds. The molecule has 0 radical (unpaired) electrons. The van der Waals surface area contributed by atoms with Crippen LogP contribution in [-0.2, 0) is 6.54 Å². The molecule has 3 heteroatoms. The molecule has 90 valence electrons. The SMILES string of the molecule is CCCC(C)Nc1c(CN)cccc1OC. The van der Waals surface area contributed by atoms with E-state index in [1.165, 1.54) is 6.42 Å². The molecular formula is C13H22N2O. The fraction of sp³-hybridized carbons (Fsp3) is 0.538. The third-order valence-electron chi connectivity index (χ3n) is 2.66. The highest BCUT2D eigenvalue weighted by molar-refractivity contribution is 5.62. The maximum Gasteiger partial charge on any atom is 0.142 e. The summed E-state index contributed by atoms with van der Waals surface area (Å²) in [7, 11) is 1.69. The molecule has 0 bridgehead atoms. The van der Waals surface area contributed by atoms with Gasteiger partial charge in [-0.05, 0) is 25.0 Å². The van der Waals surface area contributed by atoms with Gasteiger partial charge in [-0.25, -0.2) is 0 Å². The standard InChI is InChI=1S/C13H22N2O/c1-4-6-10(2)15-13-11(9-14)7-5-8-12(13)16-3/h5,7-8,10,15H,4,6,9,14H2,1-3H3. The molecule has 0 spiro atoms. The van der Waals surface area contributed by atoms with Crippen LogP contribution in [0.5, 0.6) is 5.75 Å². The molecule has 0 aliphatic heterocycles. The highest BCUT2D eigenvalue weighted by Crippen LogP contribution is 2.29. The smallest absolute Gasteiger partial charge is 0.142 e. The number of para-hydroxylation sites is 1. The summed E-state index contributed by atoms with van der Waals surface area (Å²) in [6.07, 6.45) is 2.31. The van der Waals surface area contributed by atoms with Gasteiger partial charge in [0.05, 0.1) is 12.8 Å². The van der Waals surface area contributed by atoms with Crippen molar-refractivity contribution in [1.82, 2.24) is 0 Å². The summed E-state index contributed by atoms with van der Waals surface area (Å²) in [4.78, 5) is 0. The number of ether oxygens (including phenoxy) is 1. The number of methoxy groups -OCH3 is 1. The quantitative estimate of drug-likeness (QED) is 0.778. The molecule has 0 saturated carbocycles. The normalized spacial score (nSPS) is 12.2. The van der Waals surface area contributed by atoms with Crippen LogP contribution in [0.15, 0.2) is 18.2 Å². The minimum absolute atomic E-state index is 0.437. The van der Waals surface area contributed by atoms with E-state index in [1.54, 1.807) is 7.11 Å². The number of rotatable bonds is 6. The summed E-state index contributed by atoms with van der Waals surface area (Å²) < 4.78 is 5.35. The van der Waals surface area contributed by atoms with Gasteiger partial charge in [0.25, 0.3) is 0 Å². The Morgan fingerprint density at radius 1 is 1.44 bits per heavy atom. The van der Waals surface area contributed by atoms with Crippen LogP contribution in [-0.4, -0.2) is 13.2 Å². The van der Waals surface area contributed by atoms with Crippen molar-refractivity contribution in [3.05, 3.63) is 23.8 Å². The van der Waals surface area contributed by atoms with E-state index in [0.29, 0.717) is 12.6 Å². The highest BCUT2D eigenvalue weighted by atomic mass is 16.5. The van der Waals surface area contributed by atoms with Crippen LogP contribution in [0.2, 0.25) is 0 Å². The third-order valence-corrected chi connectivity index (χ3v) is 2.66. The van der Waals surface area contributed by atoms with Crippen molar-refractivity contribution in [3.8, 4) is 5.75 Å². The molecular weight excluding hydrogens is 200 g/mol. The number of hydrogen-bond donors (Lipinski definition) is 2. The number of hydrogen-bond acceptors (Lipinski definition) is 3. The van der Waals surface area contributed by atoms with E-state index in [4.69, 9.17) is 10.5 Å². The molecule has 0 aromatic heterocycles. The first kappa shape index (κ1) is 12.8. The van der Waals surface area contributed by atoms with E-state index >= 15 is 0 Å². The van der Waals surface area contributed by atoms with Crippen molar-refractivity contribution in [2.75, 3.05) is 12.4 Å². The summed E-state index contributed by atoms with van der Waals surface area (Å²) in [5.41, 5.74) is 7.86. The van der Waals surface area contributed by atoms with E-state index in [0.717, 1.165) is 23.4 Å². The summed E-state index contributed by atoms with van der Waals surface area (Å²) in [5.74, 6) is 0.867. The van der Waals surface area contributed by atoms with Crippen LogP contribution in [0.3, 0.4) is 0 Å². The molecule has 0 aliphatic carbocycles. The first-order valence-corrected chi connectivity index (χ1v) is 5.85. The first-order chi connectivity index (χ1) is 7.72. The van der Waals surface area contributed by atoms with Crippen molar-refractivity contribution in [2.45, 2.75) is 39.3 Å². The average Bonchev–Trinajstić information content (AvgIpc) is 2.29. The zero-order valence-corrected chi connectivity index (χ0v) is 10.4. The lowest BCUT2D eigenvalue weighted by Crippen LogP contribution is -2.17. The molecule has 1 atom stereocenters. The average molecular weight is 222 g/mol. The van der Waals surface area contributed by atoms with Gasteiger partial charge < -0.3 is 15.8 Å². The Morgan fingerprint density at radius 2 is 2.19 bits per heavy atom. The second-order valence-corrected chi connectivity index (χ2v) is 4.03. The monoisotopic (exact) mass is 222 g/mol. The van der Waals surface area contributed by atoms with Crippen molar-refractivity contribution in [2.24, 2.45) is 5.73 Å². The van der Waals surface area contributed by atoms with E-state index in [2.05, 4.69) is 19.2 Å². The number of benzene rings is 1. The van der Waals surface area contributed by atoms with Gasteiger partial charge >= 0.3 is 0 Å². The largest absolute Gasteiger partial charge is 0.495 e. The molecule has 1 aromatic rings. The van der Waals surface area contributed by atoms with Crippen LogP contribution < -0.4 is 15.8 Å². The van der Waals surface area contributed by atoms with E-state index in [9.17, 15) is 0 Å². The topological polar surface area (TPSA) is 47.3 Å². The maximum absolute atomic E-state index is 5.73. The van der Waals surface area contributed by atoms with Gasteiger partial charge in [-0.3, -0.25) is 0 Å². The molecule has 1 rings (SSSR count). The van der Waals surface area contributed by atoms with Crippen molar-refractivity contribution in [3.63, 3.8) is 0 Å². The van der Waals surface area contributed by atoms with Crippen LogP contribution >= 0.6 is 0 Å². The Kier molecular flexibility index (Phi) is 5.12. The van der Waals surface area contributed by atoms with E-state index < -0.39 is 0 Å². The molecule has 3 nitrogen and oxygen atoms in total. The van der Waals surface area contributed by atoms with E-state index in [1.807, 2.05) is 18.2 Å². The van der Waals surface area contributed by atoms with Gasteiger partial charge in [-0.2, -0.15) is 0 Å². The second-order valence-electron chi connectivity index (χ2n) is 4.03. The molecule has 0 aliphatic rings. The molecule has 3 N–H and O–H groups in total. The zero-order valence-electron chi connectivity index (χ0n) is 10.4. The zero-order chi connectivity index (χ0) is 12.0. The molecule has 1 unspecified atom stereocenters. The fourth-order valence-electron chi connectivity index (χ4n) is 1.83. The third kappa shape index (κ3) is 3.14. The minimum Gasteiger partial charge on any atom is -0.495 e. The fourth-order valence-corrected chi connectivity index (χ4v) is 1.83. The number of nitrogens with one attached hydrogen (secondary N) is 1. The Labute approximate surface area is 98.0 Å². The predicted octanol–water partition coefficient (Wildman–Crippen LogP) is 2.75. The Hall–Kier alpha value is -1.22. The van der Waals surface area contributed by atoms with Crippen molar-refractivity contribution in [1.29, 1.82) is 0 Å². The van der Waals surface area contributed by atoms with Gasteiger partial charge in [-0.1, -0.05) is 25.5 Å². The second kappa shape index (κ2) is 6.38. The lowest BCUT2D eigenvalue weighted by Gasteiger charge is -2.19. The van der Waals surface area contributed by atoms with Gasteiger partial charge in [0, 0.05) is 12.6 Å². The molecule has 16 heavy (non-hydrogen) atoms. The van der Waals surface area contributed by atoms with Crippen molar-refractivity contribution >= 4 is 5.69 Å². The van der Waals surface area contributed by atoms with Crippen LogP contribution in [0.1, 0.15) is 32.3 Å². The molecule has 1 aromatic carbocycles. The Morgan fingerprint density at radius 3 is 2.75 bits per heavy atom. The predicted molar refractivity (Wildman–Crippen MR) is 68.9 cm³/mol. The lowest BCUT2D eigenvalue weighted by atomic mass is 10.1. The Bertz CT molecular complexity index is 303. The van der Waals surface area contributed by atoms with Gasteiger partial charge in [0.2, 0.25) is 0 Å². The first-order valence-electron chi connectivity index (χ1n) is 5.85. The van der Waals surface area contributed by atoms with Crippen LogP contribution in [0, 0.1) is 0 Å². The van der Waals surface area contributed by atoms with Gasteiger partial charge in [0.15, 0.2) is 0 Å². The molecule has 0 heterocycles. The van der Waals surface area contributed by atoms with Gasteiger partial charge in [0.1, 0.15) is 5.75 Å². The van der Waals surface area contributed by atoms with E-state index in [-0.39, 0.29) is 0 Å². The maximum atomic E-state index is 5.73. The molecule has 0 saturated heterocycles. The van der Waals surface area contributed by atoms with Crippen LogP contribution in [0.25, 0.3) is 0 Å². The minimum atomic E-state index is 0.437. The molecule has 0 fully saturated rings. The van der Waals surface area contributed by atoms with Crippen LogP contribution in [0.4, 0.5) is 5.69 Å². The van der Waals surface area contributed by atoms with Crippen molar-refractivity contribution < 1.29 is 4.74 Å². The summed E-state index contributed by atoms with van der Waals surface area (Å²) in [6.45, 7) is 4.89. The number of nitrogens with two attached hydrogens (primary N) is 1. The number of anilines is 1. The lowest BCUT2D eigenvalue weighted by molar-refractivity contribution is 0.415.